The van der Waals surface area contributed by atoms with Crippen molar-refractivity contribution < 1.29 is 28.2 Å². The Bertz CT molecular complexity index is 744. The molecule has 7 heteroatoms. The van der Waals surface area contributed by atoms with Gasteiger partial charge in [-0.3, -0.25) is 9.59 Å². The molecule has 25 heavy (non-hydrogen) atoms. The molecule has 3 rings (SSSR count). The maximum atomic E-state index is 14.0. The molecule has 1 fully saturated rings. The Morgan fingerprint density at radius 3 is 2.48 bits per heavy atom. The summed E-state index contributed by atoms with van der Waals surface area (Å²) >= 11 is 0. The van der Waals surface area contributed by atoms with Crippen molar-refractivity contribution in [1.29, 1.82) is 0 Å². The lowest BCUT2D eigenvalue weighted by Gasteiger charge is -2.42. The molecule has 2 aliphatic heterocycles. The van der Waals surface area contributed by atoms with Crippen LogP contribution in [0.5, 0.6) is 5.75 Å². The lowest BCUT2D eigenvalue weighted by Crippen LogP contribution is -2.58. The maximum Gasteiger partial charge on any atom is 0.410 e. The van der Waals surface area contributed by atoms with Crippen LogP contribution in [-0.2, 0) is 9.53 Å². The molecular formula is C18H20FNO5. The fourth-order valence-corrected chi connectivity index (χ4v) is 3.07. The van der Waals surface area contributed by atoms with Crippen LogP contribution >= 0.6 is 0 Å². The predicted molar refractivity (Wildman–Crippen MR) is 86.1 cm³/mol. The summed E-state index contributed by atoms with van der Waals surface area (Å²) in [5, 5.41) is 0. The Labute approximate surface area is 144 Å². The van der Waals surface area contributed by atoms with Gasteiger partial charge < -0.3 is 14.4 Å². The standard InChI is InChI=1S/C18H20FNO5/c1-17(2,3)25-16(23)20-9-7-18(8-10-20)15(22)13(21)11-5-4-6-12(19)14(11)24-18/h4-6H,7-10H2,1-3H3. The van der Waals surface area contributed by atoms with Crippen LogP contribution in [-0.4, -0.2) is 46.9 Å². The van der Waals surface area contributed by atoms with Crippen LogP contribution in [0.1, 0.15) is 44.0 Å². The van der Waals surface area contributed by atoms with E-state index in [1.165, 1.54) is 23.1 Å². The monoisotopic (exact) mass is 349 g/mol. The SMILES string of the molecule is CC(C)(C)OC(=O)N1CCC2(CC1)Oc1c(F)cccc1C(=O)C2=O. The first kappa shape index (κ1) is 17.4. The predicted octanol–water partition coefficient (Wildman–Crippen LogP) is 2.74. The Morgan fingerprint density at radius 1 is 1.24 bits per heavy atom. The van der Waals surface area contributed by atoms with Crippen molar-refractivity contribution in [3.05, 3.63) is 29.6 Å². The van der Waals surface area contributed by atoms with Crippen molar-refractivity contribution >= 4 is 17.7 Å². The zero-order chi connectivity index (χ0) is 18.4. The average molecular weight is 349 g/mol. The van der Waals surface area contributed by atoms with E-state index in [1.54, 1.807) is 20.8 Å². The number of rotatable bonds is 0. The van der Waals surface area contributed by atoms with E-state index in [2.05, 4.69) is 0 Å². The Morgan fingerprint density at radius 2 is 1.88 bits per heavy atom. The maximum absolute atomic E-state index is 14.0. The topological polar surface area (TPSA) is 72.9 Å². The summed E-state index contributed by atoms with van der Waals surface area (Å²) in [6.45, 7) is 5.68. The molecule has 1 aromatic rings. The zero-order valence-corrected chi connectivity index (χ0v) is 14.4. The first-order valence-electron chi connectivity index (χ1n) is 8.18. The molecule has 1 saturated heterocycles. The van der Waals surface area contributed by atoms with Crippen LogP contribution in [0.15, 0.2) is 18.2 Å². The van der Waals surface area contributed by atoms with Crippen molar-refractivity contribution in [2.45, 2.75) is 44.8 Å². The minimum atomic E-state index is -1.41. The van der Waals surface area contributed by atoms with E-state index in [0.717, 1.165) is 0 Å². The number of ketones is 2. The number of hydrogen-bond acceptors (Lipinski definition) is 5. The van der Waals surface area contributed by atoms with Crippen molar-refractivity contribution in [1.82, 2.24) is 4.90 Å². The van der Waals surface area contributed by atoms with E-state index < -0.39 is 34.7 Å². The largest absolute Gasteiger partial charge is 0.475 e. The van der Waals surface area contributed by atoms with Gasteiger partial charge in [-0.05, 0) is 32.9 Å². The van der Waals surface area contributed by atoms with E-state index in [9.17, 15) is 18.8 Å². The third-order valence-electron chi connectivity index (χ3n) is 4.35. The zero-order valence-electron chi connectivity index (χ0n) is 14.4. The molecule has 0 bridgehead atoms. The second-order valence-corrected chi connectivity index (χ2v) is 7.34. The molecule has 0 unspecified atom stereocenters. The number of carbonyl (C=O) groups excluding carboxylic acids is 3. The Balaban J connectivity index is 1.79. The first-order valence-corrected chi connectivity index (χ1v) is 8.18. The number of para-hydroxylation sites is 1. The molecule has 0 N–H and O–H groups in total. The molecular weight excluding hydrogens is 329 g/mol. The number of carbonyl (C=O) groups is 3. The van der Waals surface area contributed by atoms with Crippen molar-refractivity contribution in [3.63, 3.8) is 0 Å². The van der Waals surface area contributed by atoms with E-state index in [4.69, 9.17) is 9.47 Å². The van der Waals surface area contributed by atoms with Gasteiger partial charge in [-0.15, -0.1) is 0 Å². The summed E-state index contributed by atoms with van der Waals surface area (Å²) in [5.41, 5.74) is -2.09. The van der Waals surface area contributed by atoms with E-state index in [0.29, 0.717) is 0 Å². The van der Waals surface area contributed by atoms with Gasteiger partial charge in [-0.1, -0.05) is 6.07 Å². The highest BCUT2D eigenvalue weighted by molar-refractivity contribution is 6.47. The molecule has 0 aromatic heterocycles. The summed E-state index contributed by atoms with van der Waals surface area (Å²) in [7, 11) is 0. The summed E-state index contributed by atoms with van der Waals surface area (Å²) in [4.78, 5) is 38.5. The van der Waals surface area contributed by atoms with Gasteiger partial charge in [0.15, 0.2) is 17.2 Å². The lowest BCUT2D eigenvalue weighted by atomic mass is 9.81. The smallest absolute Gasteiger partial charge is 0.410 e. The number of ether oxygens (including phenoxy) is 2. The first-order chi connectivity index (χ1) is 11.6. The minimum Gasteiger partial charge on any atom is -0.475 e. The van der Waals surface area contributed by atoms with Gasteiger partial charge in [0.2, 0.25) is 11.6 Å². The number of hydrogen-bond donors (Lipinski definition) is 0. The molecule has 1 amide bonds. The van der Waals surface area contributed by atoms with Crippen LogP contribution in [0.2, 0.25) is 0 Å². The molecule has 2 aliphatic rings. The number of fused-ring (bicyclic) bond motifs is 1. The third kappa shape index (κ3) is 3.10. The molecule has 2 heterocycles. The van der Waals surface area contributed by atoms with Crippen LogP contribution < -0.4 is 4.74 Å². The Hall–Kier alpha value is -2.44. The van der Waals surface area contributed by atoms with Gasteiger partial charge >= 0.3 is 6.09 Å². The average Bonchev–Trinajstić information content (AvgIpc) is 2.53. The summed E-state index contributed by atoms with van der Waals surface area (Å²) in [6, 6.07) is 3.93. The molecule has 6 nitrogen and oxygen atoms in total. The van der Waals surface area contributed by atoms with Gasteiger partial charge in [-0.2, -0.15) is 0 Å². The number of benzene rings is 1. The summed E-state index contributed by atoms with van der Waals surface area (Å²) in [6.07, 6.45) is -0.252. The summed E-state index contributed by atoms with van der Waals surface area (Å²) in [5.74, 6) is -2.29. The van der Waals surface area contributed by atoms with Gasteiger partial charge in [0, 0.05) is 25.9 Å². The molecule has 1 aromatic carbocycles. The van der Waals surface area contributed by atoms with Crippen LogP contribution in [0.25, 0.3) is 0 Å². The van der Waals surface area contributed by atoms with E-state index >= 15 is 0 Å². The second kappa shape index (κ2) is 5.82. The van der Waals surface area contributed by atoms with Gasteiger partial charge in [0.1, 0.15) is 5.60 Å². The Kier molecular flexibility index (Phi) is 4.05. The lowest BCUT2D eigenvalue weighted by molar-refractivity contribution is -0.135. The van der Waals surface area contributed by atoms with Crippen molar-refractivity contribution in [3.8, 4) is 5.75 Å². The molecule has 0 radical (unpaired) electrons. The summed E-state index contributed by atoms with van der Waals surface area (Å²) < 4.78 is 25.0. The van der Waals surface area contributed by atoms with Crippen LogP contribution in [0, 0.1) is 5.82 Å². The second-order valence-electron chi connectivity index (χ2n) is 7.34. The number of Topliss-reactive ketones (excluding diaryl/α,β-unsaturated/α-hetero) is 2. The van der Waals surface area contributed by atoms with Crippen LogP contribution in [0.3, 0.4) is 0 Å². The van der Waals surface area contributed by atoms with Crippen molar-refractivity contribution in [2.75, 3.05) is 13.1 Å². The van der Waals surface area contributed by atoms with Crippen LogP contribution in [0.4, 0.5) is 9.18 Å². The number of piperidine rings is 1. The molecule has 0 atom stereocenters. The van der Waals surface area contributed by atoms with Crippen molar-refractivity contribution in [2.24, 2.45) is 0 Å². The highest BCUT2D eigenvalue weighted by atomic mass is 19.1. The highest BCUT2D eigenvalue weighted by Crippen LogP contribution is 2.38. The molecule has 1 spiro atoms. The highest BCUT2D eigenvalue weighted by Gasteiger charge is 2.52. The number of halogens is 1. The molecule has 134 valence electrons. The van der Waals surface area contributed by atoms with Gasteiger partial charge in [-0.25, -0.2) is 9.18 Å². The fraction of sp³-hybridized carbons (Fsp3) is 0.500. The molecule has 0 saturated carbocycles. The normalized spacial score (nSPS) is 19.4. The van der Waals surface area contributed by atoms with E-state index in [-0.39, 0.29) is 37.2 Å². The fourth-order valence-electron chi connectivity index (χ4n) is 3.07. The van der Waals surface area contributed by atoms with Gasteiger partial charge in [0.05, 0.1) is 5.56 Å². The molecule has 0 aliphatic carbocycles. The van der Waals surface area contributed by atoms with E-state index in [1.807, 2.05) is 0 Å². The number of nitrogens with zero attached hydrogens (tertiary/aromatic N) is 1. The minimum absolute atomic E-state index is 0.0507. The van der Waals surface area contributed by atoms with Gasteiger partial charge in [0.25, 0.3) is 0 Å². The number of likely N-dealkylation sites (tertiary alicyclic amines) is 1. The number of amides is 1. The quantitative estimate of drug-likeness (QED) is 0.674. The third-order valence-corrected chi connectivity index (χ3v) is 4.35.